The van der Waals surface area contributed by atoms with Gasteiger partial charge in [-0.1, -0.05) is 18.2 Å². The molecule has 0 aliphatic heterocycles. The zero-order valence-corrected chi connectivity index (χ0v) is 4.91. The van der Waals surface area contributed by atoms with Crippen LogP contribution in [0.25, 0.3) is 11.1 Å². The third-order valence-corrected chi connectivity index (χ3v) is 1.11. The standard InChI is InChI=1S/C6H4.CH3NO/c1-2-5-4-6(5)3-1;1-2-3/h1-4H;3H,1H2. The molecule has 46 valence electrons. The van der Waals surface area contributed by atoms with E-state index in [1.807, 2.05) is 0 Å². The van der Waals surface area contributed by atoms with Crippen LogP contribution in [-0.4, -0.2) is 11.9 Å². The SMILES string of the molecule is C=NO.c1cc2cc-2c1. The van der Waals surface area contributed by atoms with Crippen molar-refractivity contribution in [1.29, 1.82) is 0 Å². The van der Waals surface area contributed by atoms with Gasteiger partial charge in [0.1, 0.15) is 0 Å². The maximum Gasteiger partial charge on any atom is 0.0298 e. The van der Waals surface area contributed by atoms with Gasteiger partial charge < -0.3 is 5.21 Å². The summed E-state index contributed by atoms with van der Waals surface area (Å²) in [5, 5.41) is 9.33. The van der Waals surface area contributed by atoms with Crippen LogP contribution in [0.15, 0.2) is 29.4 Å². The van der Waals surface area contributed by atoms with Crippen LogP contribution in [0.5, 0.6) is 0 Å². The molecule has 0 amide bonds. The lowest BCUT2D eigenvalue weighted by Crippen LogP contribution is -1.30. The van der Waals surface area contributed by atoms with Crippen LogP contribution in [0.3, 0.4) is 0 Å². The number of fused-ring (bicyclic) bond motifs is 1. The predicted octanol–water partition coefficient (Wildman–Crippen LogP) is 1.74. The van der Waals surface area contributed by atoms with Gasteiger partial charge in [0, 0.05) is 6.72 Å². The average molecular weight is 121 g/mol. The molecule has 9 heavy (non-hydrogen) atoms. The minimum absolute atomic E-state index is 1.43. The fourth-order valence-corrected chi connectivity index (χ4v) is 0.676. The molecule has 0 radical (unpaired) electrons. The highest BCUT2D eigenvalue weighted by Crippen LogP contribution is 2.32. The average Bonchev–Trinajstić information content (AvgIpc) is 2.43. The summed E-state index contributed by atoms with van der Waals surface area (Å²) in [5.74, 6) is 0. The number of benzene rings is 1. The molecule has 0 heterocycles. The molecule has 2 aliphatic rings. The largest absolute Gasteiger partial charge is 0.411 e. The van der Waals surface area contributed by atoms with Gasteiger partial charge in [0.25, 0.3) is 0 Å². The van der Waals surface area contributed by atoms with Crippen molar-refractivity contribution in [3.63, 3.8) is 0 Å². The lowest BCUT2D eigenvalue weighted by molar-refractivity contribution is 0.323. The Morgan fingerprint density at radius 3 is 1.89 bits per heavy atom. The zero-order chi connectivity index (χ0) is 6.69. The minimum atomic E-state index is 1.43. The summed E-state index contributed by atoms with van der Waals surface area (Å²) in [4.78, 5) is 0. The van der Waals surface area contributed by atoms with E-state index in [9.17, 15) is 0 Å². The zero-order valence-electron chi connectivity index (χ0n) is 4.91. The molecule has 0 saturated carbocycles. The third-order valence-electron chi connectivity index (χ3n) is 1.11. The van der Waals surface area contributed by atoms with Crippen molar-refractivity contribution in [2.24, 2.45) is 5.16 Å². The quantitative estimate of drug-likeness (QED) is 0.321. The first kappa shape index (κ1) is 5.82. The molecule has 0 spiro atoms. The topological polar surface area (TPSA) is 32.6 Å². The van der Waals surface area contributed by atoms with E-state index in [2.05, 4.69) is 36.1 Å². The summed E-state index contributed by atoms with van der Waals surface area (Å²) in [7, 11) is 0. The third kappa shape index (κ3) is 1.29. The van der Waals surface area contributed by atoms with Crippen molar-refractivity contribution in [3.8, 4) is 11.1 Å². The first-order valence-electron chi connectivity index (χ1n) is 2.59. The van der Waals surface area contributed by atoms with Crippen molar-refractivity contribution in [1.82, 2.24) is 0 Å². The van der Waals surface area contributed by atoms with E-state index in [1.165, 1.54) is 11.1 Å². The molecule has 0 aromatic carbocycles. The Kier molecular flexibility index (Phi) is 1.49. The van der Waals surface area contributed by atoms with E-state index >= 15 is 0 Å². The lowest BCUT2D eigenvalue weighted by atomic mass is 10.6. The van der Waals surface area contributed by atoms with Crippen LogP contribution in [0, 0.1) is 0 Å². The van der Waals surface area contributed by atoms with Gasteiger partial charge in [-0.2, -0.15) is 0 Å². The van der Waals surface area contributed by atoms with Crippen molar-refractivity contribution in [2.45, 2.75) is 0 Å². The molecular weight excluding hydrogens is 114 g/mol. The first-order chi connectivity index (χ1) is 4.38. The van der Waals surface area contributed by atoms with Crippen LogP contribution >= 0.6 is 0 Å². The second-order valence-electron chi connectivity index (χ2n) is 1.72. The molecule has 2 rings (SSSR count). The highest BCUT2D eigenvalue weighted by atomic mass is 16.4. The summed E-state index contributed by atoms with van der Waals surface area (Å²) in [6, 6.07) is 8.48. The molecule has 0 aromatic heterocycles. The second-order valence-corrected chi connectivity index (χ2v) is 1.72. The van der Waals surface area contributed by atoms with E-state index in [-0.39, 0.29) is 0 Å². The lowest BCUT2D eigenvalue weighted by Gasteiger charge is -1.48. The Bertz CT molecular complexity index is 203. The number of rotatable bonds is 0. The molecule has 0 saturated heterocycles. The van der Waals surface area contributed by atoms with E-state index in [4.69, 9.17) is 5.21 Å². The molecule has 2 heteroatoms. The molecule has 0 atom stereocenters. The smallest absolute Gasteiger partial charge is 0.0298 e. The Hall–Kier alpha value is -1.31. The Morgan fingerprint density at radius 1 is 1.33 bits per heavy atom. The van der Waals surface area contributed by atoms with Gasteiger partial charge in [0.15, 0.2) is 0 Å². The van der Waals surface area contributed by atoms with Crippen LogP contribution < -0.4 is 0 Å². The van der Waals surface area contributed by atoms with Gasteiger partial charge in [-0.25, -0.2) is 0 Å². The molecule has 0 unspecified atom stereocenters. The summed E-state index contributed by atoms with van der Waals surface area (Å²) >= 11 is 0. The van der Waals surface area contributed by atoms with Crippen molar-refractivity contribution in [2.75, 3.05) is 0 Å². The van der Waals surface area contributed by atoms with Crippen molar-refractivity contribution in [3.05, 3.63) is 24.3 Å². The fraction of sp³-hybridized carbons (Fsp3) is 0. The molecular formula is C7H7NO. The molecule has 0 bridgehead atoms. The van der Waals surface area contributed by atoms with Gasteiger partial charge in [-0.3, -0.25) is 0 Å². The van der Waals surface area contributed by atoms with Crippen LogP contribution in [0.1, 0.15) is 0 Å². The molecule has 2 aliphatic carbocycles. The summed E-state index contributed by atoms with van der Waals surface area (Å²) in [5.41, 5.74) is 2.85. The Morgan fingerprint density at radius 2 is 1.78 bits per heavy atom. The van der Waals surface area contributed by atoms with Crippen molar-refractivity contribution >= 4 is 6.72 Å². The highest BCUT2D eigenvalue weighted by molar-refractivity contribution is 5.80. The predicted molar refractivity (Wildman–Crippen MR) is 36.8 cm³/mol. The van der Waals surface area contributed by atoms with Gasteiger partial charge in [-0.15, -0.1) is 5.16 Å². The summed E-state index contributed by atoms with van der Waals surface area (Å²) < 4.78 is 0. The molecule has 0 aromatic rings. The highest BCUT2D eigenvalue weighted by Gasteiger charge is 2.06. The van der Waals surface area contributed by atoms with Crippen molar-refractivity contribution < 1.29 is 5.21 Å². The van der Waals surface area contributed by atoms with Gasteiger partial charge >= 0.3 is 0 Å². The van der Waals surface area contributed by atoms with Gasteiger partial charge in [-0.05, 0) is 17.2 Å². The number of nitrogens with zero attached hydrogens (tertiary/aromatic N) is 1. The molecule has 0 fully saturated rings. The number of hydrogen-bond acceptors (Lipinski definition) is 2. The normalized spacial score (nSPS) is 8.89. The van der Waals surface area contributed by atoms with E-state index in [0.717, 1.165) is 0 Å². The molecule has 2 nitrogen and oxygen atoms in total. The fourth-order valence-electron chi connectivity index (χ4n) is 0.676. The Labute approximate surface area is 53.4 Å². The minimum Gasteiger partial charge on any atom is -0.411 e. The summed E-state index contributed by atoms with van der Waals surface area (Å²) in [6.07, 6.45) is 0. The summed E-state index contributed by atoms with van der Waals surface area (Å²) in [6.45, 7) is 2.67. The Balaban J connectivity index is 0.000000120. The monoisotopic (exact) mass is 121 g/mol. The number of hydrogen-bond donors (Lipinski definition) is 1. The number of oxime groups is 1. The maximum absolute atomic E-state index is 7.08. The molecule has 1 N–H and O–H groups in total. The van der Waals surface area contributed by atoms with Crippen LogP contribution in [-0.2, 0) is 0 Å². The van der Waals surface area contributed by atoms with E-state index in [1.54, 1.807) is 0 Å². The maximum atomic E-state index is 7.08. The van der Waals surface area contributed by atoms with Gasteiger partial charge in [0.05, 0.1) is 0 Å². The van der Waals surface area contributed by atoms with Crippen LogP contribution in [0.2, 0.25) is 0 Å². The second kappa shape index (κ2) is 2.31. The van der Waals surface area contributed by atoms with Crippen LogP contribution in [0.4, 0.5) is 0 Å². The van der Waals surface area contributed by atoms with E-state index < -0.39 is 0 Å². The van der Waals surface area contributed by atoms with E-state index in [0.29, 0.717) is 0 Å². The first-order valence-corrected chi connectivity index (χ1v) is 2.59. The van der Waals surface area contributed by atoms with Gasteiger partial charge in [0.2, 0.25) is 0 Å².